The summed E-state index contributed by atoms with van der Waals surface area (Å²) in [5.74, 6) is 0. The average Bonchev–Trinajstić information content (AvgIpc) is 3.69. The lowest BCUT2D eigenvalue weighted by atomic mass is 9.82. The minimum Gasteiger partial charge on any atom is -0.310 e. The van der Waals surface area contributed by atoms with Gasteiger partial charge in [0.2, 0.25) is 0 Å². The second-order valence-electron chi connectivity index (χ2n) is 18.8. The maximum absolute atomic E-state index is 2.41. The third kappa shape index (κ3) is 6.56. The zero-order valence-electron chi connectivity index (χ0n) is 37.5. The number of aryl methyl sites for hydroxylation is 2. The molecule has 2 aliphatic rings. The Morgan fingerprint density at radius 1 is 0.266 bits per heavy atom. The van der Waals surface area contributed by atoms with Crippen molar-refractivity contribution in [3.8, 4) is 44.5 Å². The van der Waals surface area contributed by atoms with Gasteiger partial charge in [-0.1, -0.05) is 161 Å². The quantitative estimate of drug-likeness (QED) is 0.151. The minimum atomic E-state index is -0.0753. The Kier molecular flexibility index (Phi) is 9.33. The van der Waals surface area contributed by atoms with Crippen molar-refractivity contribution in [2.24, 2.45) is 0 Å². The van der Waals surface area contributed by atoms with Crippen molar-refractivity contribution in [1.82, 2.24) is 0 Å². The summed E-state index contributed by atoms with van der Waals surface area (Å²) >= 11 is 0. The molecule has 0 radical (unpaired) electrons. The van der Waals surface area contributed by atoms with Gasteiger partial charge < -0.3 is 9.80 Å². The molecule has 0 N–H and O–H groups in total. The summed E-state index contributed by atoms with van der Waals surface area (Å²) in [7, 11) is 0. The maximum atomic E-state index is 2.41. The highest BCUT2D eigenvalue weighted by Crippen LogP contribution is 2.52. The molecule has 11 rings (SSSR count). The van der Waals surface area contributed by atoms with Gasteiger partial charge in [0.25, 0.3) is 0 Å². The molecular weight excluding hydrogens is 773 g/mol. The van der Waals surface area contributed by atoms with E-state index in [1.54, 1.807) is 0 Å². The Balaban J connectivity index is 0.877. The fourth-order valence-corrected chi connectivity index (χ4v) is 10.6. The molecule has 0 atom stereocenters. The van der Waals surface area contributed by atoms with E-state index in [0.717, 1.165) is 34.1 Å². The number of benzene rings is 9. The molecule has 2 nitrogen and oxygen atoms in total. The van der Waals surface area contributed by atoms with Gasteiger partial charge in [0.1, 0.15) is 0 Å². The van der Waals surface area contributed by atoms with E-state index in [-0.39, 0.29) is 10.8 Å². The fraction of sp³-hybridized carbons (Fsp3) is 0.129. The molecule has 2 heteroatoms. The van der Waals surface area contributed by atoms with Crippen molar-refractivity contribution in [2.45, 2.75) is 52.4 Å². The predicted molar refractivity (Wildman–Crippen MR) is 271 cm³/mol. The standard InChI is InChI=1S/C62H52N2/c1-41-13-11-15-49(37-41)63(51-33-35-55-53-17-7-9-19-57(53)61(3,4)59(55)39-51)47-29-25-45(26-30-47)43-21-23-44(24-22-43)46-27-31-48(32-28-46)64(50-16-12-14-42(2)38-50)52-34-36-56-54-18-8-10-20-58(54)62(5,6)60(56)40-52/h7-40H,1-6H3. The lowest BCUT2D eigenvalue weighted by molar-refractivity contribution is 0.660. The molecule has 9 aromatic carbocycles. The molecule has 0 aromatic heterocycles. The highest BCUT2D eigenvalue weighted by atomic mass is 15.1. The van der Waals surface area contributed by atoms with Gasteiger partial charge in [-0.3, -0.25) is 0 Å². The predicted octanol–water partition coefficient (Wildman–Crippen LogP) is 17.2. The molecule has 310 valence electrons. The highest BCUT2D eigenvalue weighted by Gasteiger charge is 2.37. The Labute approximate surface area is 378 Å². The van der Waals surface area contributed by atoms with Gasteiger partial charge in [-0.15, -0.1) is 0 Å². The minimum absolute atomic E-state index is 0.0753. The average molecular weight is 825 g/mol. The van der Waals surface area contributed by atoms with Crippen molar-refractivity contribution in [3.05, 3.63) is 240 Å². The van der Waals surface area contributed by atoms with Crippen LogP contribution in [-0.2, 0) is 10.8 Å². The molecule has 0 aliphatic heterocycles. The molecular formula is C62H52N2. The zero-order chi connectivity index (χ0) is 43.7. The first-order valence-corrected chi connectivity index (χ1v) is 22.6. The van der Waals surface area contributed by atoms with Crippen LogP contribution in [0.2, 0.25) is 0 Å². The first-order valence-electron chi connectivity index (χ1n) is 22.6. The molecule has 0 spiro atoms. The smallest absolute Gasteiger partial charge is 0.0465 e. The van der Waals surface area contributed by atoms with Crippen LogP contribution in [0, 0.1) is 13.8 Å². The van der Waals surface area contributed by atoms with Crippen LogP contribution < -0.4 is 9.80 Å². The van der Waals surface area contributed by atoms with Gasteiger partial charge in [0, 0.05) is 45.0 Å². The fourth-order valence-electron chi connectivity index (χ4n) is 10.6. The molecule has 0 heterocycles. The van der Waals surface area contributed by atoms with Crippen LogP contribution in [0.4, 0.5) is 34.1 Å². The van der Waals surface area contributed by atoms with Crippen LogP contribution in [0.5, 0.6) is 0 Å². The summed E-state index contributed by atoms with van der Waals surface area (Å²) in [6.07, 6.45) is 0. The van der Waals surface area contributed by atoms with Crippen molar-refractivity contribution < 1.29 is 0 Å². The SMILES string of the molecule is Cc1cccc(N(c2ccc(-c3ccc(-c4ccc(N(c5cccc(C)c5)c5ccc6c(c5)C(C)(C)c5ccccc5-6)cc4)cc3)cc2)c2ccc3c(c2)C(C)(C)c2ccccc2-3)c1. The van der Waals surface area contributed by atoms with E-state index in [0.29, 0.717) is 0 Å². The van der Waals surface area contributed by atoms with Gasteiger partial charge in [-0.05, 0) is 165 Å². The normalized spacial score (nSPS) is 13.7. The van der Waals surface area contributed by atoms with Gasteiger partial charge in [0.05, 0.1) is 0 Å². The van der Waals surface area contributed by atoms with Crippen molar-refractivity contribution in [1.29, 1.82) is 0 Å². The Morgan fingerprint density at radius 2 is 0.578 bits per heavy atom. The van der Waals surface area contributed by atoms with Crippen LogP contribution in [0.1, 0.15) is 61.1 Å². The first-order chi connectivity index (χ1) is 31.0. The van der Waals surface area contributed by atoms with E-state index < -0.39 is 0 Å². The second kappa shape index (κ2) is 15.1. The van der Waals surface area contributed by atoms with Crippen LogP contribution in [0.25, 0.3) is 44.5 Å². The zero-order valence-corrected chi connectivity index (χ0v) is 37.5. The van der Waals surface area contributed by atoms with Crippen LogP contribution in [0.3, 0.4) is 0 Å². The van der Waals surface area contributed by atoms with Crippen molar-refractivity contribution in [2.75, 3.05) is 9.80 Å². The number of hydrogen-bond acceptors (Lipinski definition) is 2. The van der Waals surface area contributed by atoms with Gasteiger partial charge >= 0.3 is 0 Å². The monoisotopic (exact) mass is 824 g/mol. The van der Waals surface area contributed by atoms with Crippen molar-refractivity contribution in [3.63, 3.8) is 0 Å². The van der Waals surface area contributed by atoms with E-state index in [1.807, 2.05) is 0 Å². The van der Waals surface area contributed by atoms with Crippen LogP contribution >= 0.6 is 0 Å². The molecule has 0 fully saturated rings. The molecule has 64 heavy (non-hydrogen) atoms. The third-order valence-corrected chi connectivity index (χ3v) is 14.0. The van der Waals surface area contributed by atoms with Crippen LogP contribution in [-0.4, -0.2) is 0 Å². The van der Waals surface area contributed by atoms with Gasteiger partial charge in [0.15, 0.2) is 0 Å². The molecule has 0 saturated heterocycles. The van der Waals surface area contributed by atoms with E-state index in [1.165, 1.54) is 77.9 Å². The Hall–Kier alpha value is -7.42. The summed E-state index contributed by atoms with van der Waals surface area (Å²) in [6.45, 7) is 13.7. The lowest BCUT2D eigenvalue weighted by Gasteiger charge is -2.28. The van der Waals surface area contributed by atoms with Gasteiger partial charge in [-0.25, -0.2) is 0 Å². The molecule has 9 aromatic rings. The van der Waals surface area contributed by atoms with E-state index in [2.05, 4.69) is 258 Å². The topological polar surface area (TPSA) is 6.48 Å². The number of nitrogens with zero attached hydrogens (tertiary/aromatic N) is 2. The number of rotatable bonds is 8. The third-order valence-electron chi connectivity index (χ3n) is 14.0. The second-order valence-corrected chi connectivity index (χ2v) is 18.8. The lowest BCUT2D eigenvalue weighted by Crippen LogP contribution is -2.16. The van der Waals surface area contributed by atoms with Crippen molar-refractivity contribution >= 4 is 34.1 Å². The first kappa shape index (κ1) is 39.4. The highest BCUT2D eigenvalue weighted by molar-refractivity contribution is 5.88. The molecule has 2 aliphatic carbocycles. The van der Waals surface area contributed by atoms with Crippen LogP contribution in [0.15, 0.2) is 206 Å². The summed E-state index contributed by atoms with van der Waals surface area (Å²) in [6, 6.07) is 76.4. The Bertz CT molecular complexity index is 3000. The Morgan fingerprint density at radius 3 is 0.953 bits per heavy atom. The summed E-state index contributed by atoms with van der Waals surface area (Å²) < 4.78 is 0. The molecule has 0 bridgehead atoms. The van der Waals surface area contributed by atoms with Gasteiger partial charge in [-0.2, -0.15) is 0 Å². The van der Waals surface area contributed by atoms with E-state index in [4.69, 9.17) is 0 Å². The maximum Gasteiger partial charge on any atom is 0.0465 e. The molecule has 0 amide bonds. The number of anilines is 6. The molecule has 0 unspecified atom stereocenters. The number of fused-ring (bicyclic) bond motifs is 6. The summed E-state index contributed by atoms with van der Waals surface area (Å²) in [5.41, 5.74) is 24.9. The summed E-state index contributed by atoms with van der Waals surface area (Å²) in [4.78, 5) is 4.79. The largest absolute Gasteiger partial charge is 0.310 e. The number of hydrogen-bond donors (Lipinski definition) is 0. The van der Waals surface area contributed by atoms with E-state index >= 15 is 0 Å². The molecule has 0 saturated carbocycles. The summed E-state index contributed by atoms with van der Waals surface area (Å²) in [5, 5.41) is 0. The van der Waals surface area contributed by atoms with E-state index in [9.17, 15) is 0 Å².